The van der Waals surface area contributed by atoms with E-state index in [9.17, 15) is 9.59 Å². The van der Waals surface area contributed by atoms with Gasteiger partial charge in [-0.15, -0.1) is 0 Å². The summed E-state index contributed by atoms with van der Waals surface area (Å²) in [5, 5.41) is 0.596. The van der Waals surface area contributed by atoms with Gasteiger partial charge in [-0.2, -0.15) is 0 Å². The lowest BCUT2D eigenvalue weighted by molar-refractivity contribution is 0.101. The number of carbonyl (C=O) groups excluding carboxylic acids is 1. The third-order valence-electron chi connectivity index (χ3n) is 2.19. The molecule has 0 saturated carbocycles. The third kappa shape index (κ3) is 1.95. The van der Waals surface area contributed by atoms with Crippen molar-refractivity contribution in [3.63, 3.8) is 0 Å². The van der Waals surface area contributed by atoms with Crippen molar-refractivity contribution in [3.8, 4) is 0 Å². The largest absolute Gasteiger partial charge is 0.423 e. The number of benzene rings is 1. The van der Waals surface area contributed by atoms with Gasteiger partial charge in [0.25, 0.3) is 0 Å². The second-order valence-corrected chi connectivity index (χ2v) is 4.16. The van der Waals surface area contributed by atoms with Gasteiger partial charge in [-0.05, 0) is 24.5 Å². The molecule has 2 aromatic rings. The predicted octanol–water partition coefficient (Wildman–Crippen LogP) is 2.33. The topological polar surface area (TPSA) is 47.3 Å². The Morgan fingerprint density at radius 3 is 2.81 bits per heavy atom. The first kappa shape index (κ1) is 11.1. The summed E-state index contributed by atoms with van der Waals surface area (Å²) in [6.45, 7) is 0. The van der Waals surface area contributed by atoms with Gasteiger partial charge in [0.05, 0.1) is 7.85 Å². The fourth-order valence-corrected chi connectivity index (χ4v) is 1.82. The van der Waals surface area contributed by atoms with E-state index in [0.717, 1.165) is 4.47 Å². The van der Waals surface area contributed by atoms with Crippen molar-refractivity contribution < 1.29 is 9.21 Å². The van der Waals surface area contributed by atoms with Crippen molar-refractivity contribution in [3.05, 3.63) is 44.7 Å². The maximum atomic E-state index is 11.5. The summed E-state index contributed by atoms with van der Waals surface area (Å²) in [6.07, 6.45) is -0.130. The number of ketones is 1. The van der Waals surface area contributed by atoms with Gasteiger partial charge in [-0.1, -0.05) is 15.9 Å². The molecule has 0 aliphatic rings. The molecule has 5 heteroatoms. The average Bonchev–Trinajstić information content (AvgIpc) is 2.26. The lowest BCUT2D eigenvalue weighted by Gasteiger charge is -2.03. The molecule has 0 atom stereocenters. The van der Waals surface area contributed by atoms with Crippen LogP contribution in [0.2, 0.25) is 6.32 Å². The molecule has 3 nitrogen and oxygen atoms in total. The molecule has 1 aromatic carbocycles. The second kappa shape index (κ2) is 4.25. The number of hydrogen-bond acceptors (Lipinski definition) is 3. The van der Waals surface area contributed by atoms with E-state index in [2.05, 4.69) is 15.9 Å². The van der Waals surface area contributed by atoms with Crippen molar-refractivity contribution in [2.24, 2.45) is 0 Å². The molecule has 0 unspecified atom stereocenters. The fraction of sp³-hybridized carbons (Fsp3) is 0.0909. The molecule has 0 fully saturated rings. The van der Waals surface area contributed by atoms with Crippen LogP contribution in [0.1, 0.15) is 10.4 Å². The molecule has 16 heavy (non-hydrogen) atoms. The van der Waals surface area contributed by atoms with E-state index in [1.807, 2.05) is 0 Å². The van der Waals surface area contributed by atoms with Crippen LogP contribution in [-0.4, -0.2) is 13.6 Å². The smallest absolute Gasteiger partial charge is 0.336 e. The van der Waals surface area contributed by atoms with Gasteiger partial charge in [0.1, 0.15) is 5.58 Å². The van der Waals surface area contributed by atoms with E-state index in [1.54, 1.807) is 18.2 Å². The first-order valence-electron chi connectivity index (χ1n) is 4.58. The van der Waals surface area contributed by atoms with E-state index < -0.39 is 5.63 Å². The molecule has 78 valence electrons. The lowest BCUT2D eigenvalue weighted by Crippen LogP contribution is -2.06. The molecule has 1 heterocycles. The molecule has 0 N–H and O–H groups in total. The van der Waals surface area contributed by atoms with Crippen molar-refractivity contribution in [2.75, 3.05) is 0 Å². The predicted molar refractivity (Wildman–Crippen MR) is 65.1 cm³/mol. The minimum atomic E-state index is -0.553. The van der Waals surface area contributed by atoms with E-state index in [0.29, 0.717) is 16.5 Å². The summed E-state index contributed by atoms with van der Waals surface area (Å²) in [6, 6.07) is 6.30. The fourth-order valence-electron chi connectivity index (χ4n) is 1.48. The van der Waals surface area contributed by atoms with Crippen LogP contribution < -0.4 is 5.63 Å². The van der Waals surface area contributed by atoms with Crippen LogP contribution >= 0.6 is 15.9 Å². The van der Waals surface area contributed by atoms with Gasteiger partial charge in [-0.25, -0.2) is 4.79 Å². The zero-order valence-electron chi connectivity index (χ0n) is 8.20. The Balaban J connectivity index is 2.83. The zero-order valence-corrected chi connectivity index (χ0v) is 9.78. The summed E-state index contributed by atoms with van der Waals surface area (Å²) in [4.78, 5) is 22.8. The van der Waals surface area contributed by atoms with Crippen LogP contribution in [0, 0.1) is 0 Å². The molecule has 2 radical (unpaired) electrons. The van der Waals surface area contributed by atoms with Crippen molar-refractivity contribution in [1.29, 1.82) is 0 Å². The standard InChI is InChI=1S/C11H6BBrO3/c12-5-9(14)8-4-11(15)16-10-3-6(13)1-2-7(8)10/h1-4H,5H2. The van der Waals surface area contributed by atoms with E-state index in [-0.39, 0.29) is 12.1 Å². The number of Topliss-reactive ketones (excluding diaryl/α,β-unsaturated/α-hetero) is 1. The van der Waals surface area contributed by atoms with Gasteiger partial charge in [0.2, 0.25) is 0 Å². The quantitative estimate of drug-likeness (QED) is 0.480. The molecule has 0 aliphatic carbocycles. The Morgan fingerprint density at radius 2 is 2.12 bits per heavy atom. The summed E-state index contributed by atoms with van der Waals surface area (Å²) in [5.41, 5.74) is 0.127. The van der Waals surface area contributed by atoms with Crippen LogP contribution in [0.25, 0.3) is 11.0 Å². The highest BCUT2D eigenvalue weighted by Crippen LogP contribution is 2.22. The normalized spacial score (nSPS) is 10.6. The van der Waals surface area contributed by atoms with Gasteiger partial charge in [0.15, 0.2) is 5.78 Å². The third-order valence-corrected chi connectivity index (χ3v) is 2.69. The van der Waals surface area contributed by atoms with E-state index in [1.165, 1.54) is 6.07 Å². The average molecular weight is 277 g/mol. The van der Waals surface area contributed by atoms with Crippen LogP contribution in [0.4, 0.5) is 0 Å². The number of hydrogen-bond donors (Lipinski definition) is 0. The molecule has 0 aliphatic heterocycles. The van der Waals surface area contributed by atoms with Gasteiger partial charge in [-0.3, -0.25) is 4.79 Å². The second-order valence-electron chi connectivity index (χ2n) is 3.25. The highest BCUT2D eigenvalue weighted by Gasteiger charge is 2.11. The molecule has 0 spiro atoms. The maximum absolute atomic E-state index is 11.5. The van der Waals surface area contributed by atoms with Crippen molar-refractivity contribution in [1.82, 2.24) is 0 Å². The number of carbonyl (C=O) groups is 1. The van der Waals surface area contributed by atoms with Crippen LogP contribution in [0.3, 0.4) is 0 Å². The number of rotatable bonds is 2. The molecule has 0 saturated heterocycles. The monoisotopic (exact) mass is 276 g/mol. The molecule has 2 rings (SSSR count). The molecule has 0 amide bonds. The Labute approximate surface area is 101 Å². The van der Waals surface area contributed by atoms with Gasteiger partial charge >= 0.3 is 5.63 Å². The Kier molecular flexibility index (Phi) is 2.96. The minimum absolute atomic E-state index is 0.130. The van der Waals surface area contributed by atoms with Gasteiger partial charge < -0.3 is 4.42 Å². The SMILES string of the molecule is [B]CC(=O)c1cc(=O)oc2cc(Br)ccc12. The molecule has 0 bridgehead atoms. The maximum Gasteiger partial charge on any atom is 0.336 e. The molecule has 1 aromatic heterocycles. The number of halogens is 1. The zero-order chi connectivity index (χ0) is 11.7. The summed E-state index contributed by atoms with van der Waals surface area (Å²) in [5.74, 6) is -0.278. The Morgan fingerprint density at radius 1 is 1.38 bits per heavy atom. The highest BCUT2D eigenvalue weighted by atomic mass is 79.9. The first-order valence-corrected chi connectivity index (χ1v) is 5.38. The van der Waals surface area contributed by atoms with Crippen LogP contribution in [-0.2, 0) is 0 Å². The van der Waals surface area contributed by atoms with E-state index >= 15 is 0 Å². The van der Waals surface area contributed by atoms with Gasteiger partial charge in [0, 0.05) is 21.5 Å². The summed E-state index contributed by atoms with van der Waals surface area (Å²) in [7, 11) is 5.28. The van der Waals surface area contributed by atoms with Crippen LogP contribution in [0.15, 0.2) is 37.9 Å². The van der Waals surface area contributed by atoms with Crippen molar-refractivity contribution in [2.45, 2.75) is 6.32 Å². The Bertz CT molecular complexity index is 618. The molecular weight excluding hydrogens is 271 g/mol. The molecular formula is C11H6BBrO3. The number of fused-ring (bicyclic) bond motifs is 1. The van der Waals surface area contributed by atoms with Crippen molar-refractivity contribution >= 4 is 40.5 Å². The lowest BCUT2D eigenvalue weighted by atomic mass is 9.94. The minimum Gasteiger partial charge on any atom is -0.423 e. The highest BCUT2D eigenvalue weighted by molar-refractivity contribution is 9.10. The van der Waals surface area contributed by atoms with E-state index in [4.69, 9.17) is 12.3 Å². The summed E-state index contributed by atoms with van der Waals surface area (Å²) >= 11 is 3.26. The Hall–Kier alpha value is -1.36. The first-order chi connectivity index (χ1) is 7.61. The van der Waals surface area contributed by atoms with Crippen LogP contribution in [0.5, 0.6) is 0 Å². The summed E-state index contributed by atoms with van der Waals surface area (Å²) < 4.78 is 5.78.